The van der Waals surface area contributed by atoms with E-state index in [4.69, 9.17) is 9.84 Å². The van der Waals surface area contributed by atoms with Gasteiger partial charge >= 0.3 is 12.1 Å². The number of carbonyl (C=O) groups excluding carboxylic acids is 1. The number of carbonyl (C=O) groups is 2. The Morgan fingerprint density at radius 2 is 2.00 bits per heavy atom. The van der Waals surface area contributed by atoms with Gasteiger partial charge < -0.3 is 15.2 Å². The molecule has 0 spiro atoms. The molecule has 0 aliphatic carbocycles. The van der Waals surface area contributed by atoms with E-state index in [0.29, 0.717) is 0 Å². The Morgan fingerprint density at radius 1 is 1.36 bits per heavy atom. The van der Waals surface area contributed by atoms with Crippen LogP contribution in [0.1, 0.15) is 32.8 Å². The molecule has 6 heteroatoms. The van der Waals surface area contributed by atoms with Crippen molar-refractivity contribution >= 4 is 12.1 Å². The molecule has 1 amide bonds. The molecule has 0 saturated heterocycles. The molecule has 0 aliphatic rings. The number of amides is 1. The van der Waals surface area contributed by atoms with Crippen LogP contribution < -0.4 is 5.32 Å². The number of hydrogen-bond donors (Lipinski definition) is 2. The Morgan fingerprint density at radius 3 is 2.55 bits per heavy atom. The molecule has 22 heavy (non-hydrogen) atoms. The average molecular weight is 307 g/mol. The van der Waals surface area contributed by atoms with E-state index < -0.39 is 29.5 Å². The third-order valence-electron chi connectivity index (χ3n) is 2.39. The van der Waals surface area contributed by atoms with Crippen LogP contribution >= 0.6 is 0 Å². The Bertz CT molecular complexity index is 611. The van der Waals surface area contributed by atoms with E-state index in [0.717, 1.165) is 0 Å². The van der Waals surface area contributed by atoms with Crippen LogP contribution in [0.3, 0.4) is 0 Å². The van der Waals surface area contributed by atoms with Crippen molar-refractivity contribution in [1.82, 2.24) is 5.32 Å². The van der Waals surface area contributed by atoms with Gasteiger partial charge in [0.05, 0.1) is 5.56 Å². The summed E-state index contributed by atoms with van der Waals surface area (Å²) in [6.07, 6.45) is -1.00. The molecule has 1 atom stereocenters. The molecule has 1 aromatic carbocycles. The van der Waals surface area contributed by atoms with Gasteiger partial charge in [0.15, 0.2) is 0 Å². The van der Waals surface area contributed by atoms with Gasteiger partial charge in [-0.05, 0) is 32.9 Å². The summed E-state index contributed by atoms with van der Waals surface area (Å²) in [5.41, 5.74) is -0.560. The first-order chi connectivity index (χ1) is 10.2. The molecule has 0 saturated carbocycles. The lowest BCUT2D eigenvalue weighted by Gasteiger charge is -2.21. The highest BCUT2D eigenvalue weighted by Gasteiger charge is 2.23. The zero-order chi connectivity index (χ0) is 16.8. The lowest BCUT2D eigenvalue weighted by molar-refractivity contribution is -0.139. The van der Waals surface area contributed by atoms with Gasteiger partial charge in [-0.3, -0.25) is 0 Å². The van der Waals surface area contributed by atoms with Crippen molar-refractivity contribution in [2.24, 2.45) is 0 Å². The fraction of sp³-hybridized carbons (Fsp3) is 0.375. The third-order valence-corrected chi connectivity index (χ3v) is 2.39. The summed E-state index contributed by atoms with van der Waals surface area (Å²) in [5.74, 6) is 3.36. The van der Waals surface area contributed by atoms with Crippen LogP contribution in [0.2, 0.25) is 0 Å². The third kappa shape index (κ3) is 6.27. The molecule has 118 valence electrons. The normalized spacial score (nSPS) is 11.8. The number of benzene rings is 1. The lowest BCUT2D eigenvalue weighted by atomic mass is 10.1. The highest BCUT2D eigenvalue weighted by atomic mass is 19.1. The Labute approximate surface area is 128 Å². The maximum absolute atomic E-state index is 13.4. The number of hydrogen-bond acceptors (Lipinski definition) is 3. The number of alkyl carbamates (subject to hydrolysis) is 1. The summed E-state index contributed by atoms with van der Waals surface area (Å²) in [5, 5.41) is 11.3. The minimum atomic E-state index is -1.24. The minimum absolute atomic E-state index is 0.164. The predicted octanol–water partition coefficient (Wildman–Crippen LogP) is 2.55. The SMILES string of the molecule is CC(C)(C)OC(=O)N[C@@H](CC#Cc1ccccc1F)C(=O)O. The standard InChI is InChI=1S/C16H18FNO4/c1-16(2,3)22-15(21)18-13(14(19)20)10-6-8-11-7-4-5-9-12(11)17/h4-5,7,9,13H,10H2,1-3H3,(H,18,21)(H,19,20)/t13-/m0/s1. The fourth-order valence-corrected chi connectivity index (χ4v) is 1.46. The maximum Gasteiger partial charge on any atom is 0.408 e. The van der Waals surface area contributed by atoms with Crippen molar-refractivity contribution < 1.29 is 23.8 Å². The predicted molar refractivity (Wildman–Crippen MR) is 78.7 cm³/mol. The summed E-state index contributed by atoms with van der Waals surface area (Å²) in [4.78, 5) is 22.7. The Hall–Kier alpha value is -2.55. The van der Waals surface area contributed by atoms with Crippen LogP contribution in [0, 0.1) is 17.7 Å². The summed E-state index contributed by atoms with van der Waals surface area (Å²) >= 11 is 0. The van der Waals surface area contributed by atoms with Gasteiger partial charge in [0.2, 0.25) is 0 Å². The van der Waals surface area contributed by atoms with Gasteiger partial charge in [-0.25, -0.2) is 14.0 Å². The van der Waals surface area contributed by atoms with Crippen LogP contribution in [0.5, 0.6) is 0 Å². The zero-order valence-corrected chi connectivity index (χ0v) is 12.6. The summed E-state index contributed by atoms with van der Waals surface area (Å²) < 4.78 is 18.3. The monoisotopic (exact) mass is 307 g/mol. The number of carboxylic acids is 1. The smallest absolute Gasteiger partial charge is 0.408 e. The van der Waals surface area contributed by atoms with Crippen molar-refractivity contribution in [3.05, 3.63) is 35.6 Å². The van der Waals surface area contributed by atoms with Crippen LogP contribution in [0.25, 0.3) is 0 Å². The van der Waals surface area contributed by atoms with E-state index in [9.17, 15) is 14.0 Å². The number of nitrogens with one attached hydrogen (secondary N) is 1. The van der Waals surface area contributed by atoms with Gasteiger partial charge in [0.25, 0.3) is 0 Å². The molecule has 0 radical (unpaired) electrons. The second kappa shape index (κ2) is 7.46. The first-order valence-corrected chi connectivity index (χ1v) is 6.65. The van der Waals surface area contributed by atoms with Crippen molar-refractivity contribution in [1.29, 1.82) is 0 Å². The lowest BCUT2D eigenvalue weighted by Crippen LogP contribution is -2.43. The van der Waals surface area contributed by atoms with Crippen molar-refractivity contribution in [3.8, 4) is 11.8 Å². The van der Waals surface area contributed by atoms with Crippen LogP contribution in [0.4, 0.5) is 9.18 Å². The average Bonchev–Trinajstić information content (AvgIpc) is 2.37. The van der Waals surface area contributed by atoms with Gasteiger partial charge in [-0.2, -0.15) is 0 Å². The van der Waals surface area contributed by atoms with Gasteiger partial charge in [0, 0.05) is 6.42 Å². The second-order valence-corrected chi connectivity index (χ2v) is 5.52. The molecule has 0 unspecified atom stereocenters. The molecular formula is C16H18FNO4. The van der Waals surface area contributed by atoms with Crippen molar-refractivity contribution in [2.75, 3.05) is 0 Å². The molecule has 0 aliphatic heterocycles. The molecule has 1 rings (SSSR count). The topological polar surface area (TPSA) is 75.6 Å². The minimum Gasteiger partial charge on any atom is -0.480 e. The van der Waals surface area contributed by atoms with Crippen LogP contribution in [-0.4, -0.2) is 28.8 Å². The second-order valence-electron chi connectivity index (χ2n) is 5.52. The molecule has 0 heterocycles. The summed E-state index contributed by atoms with van der Waals surface area (Å²) in [6.45, 7) is 5.00. The van der Waals surface area contributed by atoms with Gasteiger partial charge in [0.1, 0.15) is 17.5 Å². The first-order valence-electron chi connectivity index (χ1n) is 6.65. The summed E-state index contributed by atoms with van der Waals surface area (Å²) in [7, 11) is 0. The number of halogens is 1. The van der Waals surface area contributed by atoms with E-state index in [-0.39, 0.29) is 12.0 Å². The number of rotatable bonds is 3. The van der Waals surface area contributed by atoms with Gasteiger partial charge in [-0.15, -0.1) is 0 Å². The Balaban J connectivity index is 2.69. The molecule has 2 N–H and O–H groups in total. The molecule has 0 aromatic heterocycles. The molecule has 5 nitrogen and oxygen atoms in total. The molecule has 0 fully saturated rings. The largest absolute Gasteiger partial charge is 0.480 e. The molecular weight excluding hydrogens is 289 g/mol. The van der Waals surface area contributed by atoms with Gasteiger partial charge in [-0.1, -0.05) is 24.0 Å². The van der Waals surface area contributed by atoms with Crippen molar-refractivity contribution in [3.63, 3.8) is 0 Å². The number of carboxylic acid groups (broad SMARTS) is 1. The Kier molecular flexibility index (Phi) is 5.93. The van der Waals surface area contributed by atoms with E-state index in [1.807, 2.05) is 0 Å². The van der Waals surface area contributed by atoms with E-state index in [1.165, 1.54) is 18.2 Å². The van der Waals surface area contributed by atoms with E-state index >= 15 is 0 Å². The summed E-state index contributed by atoms with van der Waals surface area (Å²) in [6, 6.07) is 4.68. The maximum atomic E-state index is 13.4. The molecule has 0 bridgehead atoms. The first kappa shape index (κ1) is 17.5. The zero-order valence-electron chi connectivity index (χ0n) is 12.6. The van der Waals surface area contributed by atoms with Crippen molar-refractivity contribution in [2.45, 2.75) is 38.8 Å². The highest BCUT2D eigenvalue weighted by molar-refractivity contribution is 5.80. The number of ether oxygens (including phenoxy) is 1. The fourth-order valence-electron chi connectivity index (χ4n) is 1.46. The number of aliphatic carboxylic acids is 1. The van der Waals surface area contributed by atoms with E-state index in [2.05, 4.69) is 17.2 Å². The van der Waals surface area contributed by atoms with Crippen LogP contribution in [0.15, 0.2) is 24.3 Å². The van der Waals surface area contributed by atoms with E-state index in [1.54, 1.807) is 26.8 Å². The molecule has 1 aromatic rings. The highest BCUT2D eigenvalue weighted by Crippen LogP contribution is 2.07. The van der Waals surface area contributed by atoms with Crippen LogP contribution in [-0.2, 0) is 9.53 Å². The quantitative estimate of drug-likeness (QED) is 0.842.